The lowest BCUT2D eigenvalue weighted by Gasteiger charge is -2.09. The molecule has 0 aliphatic rings. The summed E-state index contributed by atoms with van der Waals surface area (Å²) in [5, 5.41) is 4.46. The van der Waals surface area contributed by atoms with E-state index in [-0.39, 0.29) is 0 Å². The minimum absolute atomic E-state index is 0.732. The Kier molecular flexibility index (Phi) is 3.06. The number of rotatable bonds is 2. The molecule has 3 aromatic rings. The van der Waals surface area contributed by atoms with Gasteiger partial charge in [-0.3, -0.25) is 0 Å². The third-order valence-corrected chi connectivity index (χ3v) is 4.39. The van der Waals surface area contributed by atoms with E-state index in [0.717, 1.165) is 33.2 Å². The van der Waals surface area contributed by atoms with Crippen molar-refractivity contribution in [3.8, 4) is 0 Å². The van der Waals surface area contributed by atoms with Crippen LogP contribution in [0.3, 0.4) is 0 Å². The maximum Gasteiger partial charge on any atom is 0.143 e. The number of aryl methyl sites for hydroxylation is 3. The van der Waals surface area contributed by atoms with Crippen LogP contribution in [0.1, 0.15) is 16.3 Å². The lowest BCUT2D eigenvalue weighted by atomic mass is 10.2. The molecule has 0 spiro atoms. The van der Waals surface area contributed by atoms with E-state index in [1.165, 1.54) is 10.4 Å². The SMILES string of the molecule is Cc1nc(Nc2cccc(N)c2)c2c(C)c(C)sc2n1. The fraction of sp³-hybridized carbons (Fsp3) is 0.200. The molecule has 5 heteroatoms. The normalized spacial score (nSPS) is 10.9. The average Bonchev–Trinajstić information content (AvgIpc) is 2.64. The molecular formula is C15H16N4S. The van der Waals surface area contributed by atoms with Gasteiger partial charge in [-0.1, -0.05) is 6.07 Å². The highest BCUT2D eigenvalue weighted by atomic mass is 32.1. The largest absolute Gasteiger partial charge is 0.399 e. The Labute approximate surface area is 121 Å². The highest BCUT2D eigenvalue weighted by Crippen LogP contribution is 2.34. The zero-order valence-corrected chi connectivity index (χ0v) is 12.5. The topological polar surface area (TPSA) is 63.8 Å². The van der Waals surface area contributed by atoms with Crippen LogP contribution >= 0.6 is 11.3 Å². The summed E-state index contributed by atoms with van der Waals surface area (Å²) in [5.74, 6) is 1.62. The van der Waals surface area contributed by atoms with Crippen molar-refractivity contribution in [2.75, 3.05) is 11.1 Å². The van der Waals surface area contributed by atoms with Gasteiger partial charge in [0.05, 0.1) is 5.39 Å². The molecule has 20 heavy (non-hydrogen) atoms. The summed E-state index contributed by atoms with van der Waals surface area (Å²) in [6.45, 7) is 6.13. The van der Waals surface area contributed by atoms with Crippen LogP contribution in [0.15, 0.2) is 24.3 Å². The van der Waals surface area contributed by atoms with Crippen molar-refractivity contribution < 1.29 is 0 Å². The number of hydrogen-bond acceptors (Lipinski definition) is 5. The molecule has 0 amide bonds. The monoisotopic (exact) mass is 284 g/mol. The fourth-order valence-corrected chi connectivity index (χ4v) is 3.27. The van der Waals surface area contributed by atoms with Gasteiger partial charge in [-0.15, -0.1) is 11.3 Å². The smallest absolute Gasteiger partial charge is 0.143 e. The Hall–Kier alpha value is -2.14. The molecule has 2 aromatic heterocycles. The Morgan fingerprint density at radius 2 is 1.95 bits per heavy atom. The van der Waals surface area contributed by atoms with E-state index in [1.54, 1.807) is 11.3 Å². The first-order valence-corrected chi connectivity index (χ1v) is 7.23. The molecule has 4 nitrogen and oxygen atoms in total. The molecular weight excluding hydrogens is 268 g/mol. The maximum atomic E-state index is 5.82. The van der Waals surface area contributed by atoms with Crippen LogP contribution in [0.2, 0.25) is 0 Å². The Morgan fingerprint density at radius 3 is 2.70 bits per heavy atom. The zero-order chi connectivity index (χ0) is 14.3. The highest BCUT2D eigenvalue weighted by molar-refractivity contribution is 7.18. The van der Waals surface area contributed by atoms with Gasteiger partial charge < -0.3 is 11.1 Å². The predicted molar refractivity (Wildman–Crippen MR) is 85.8 cm³/mol. The van der Waals surface area contributed by atoms with Crippen molar-refractivity contribution in [1.82, 2.24) is 9.97 Å². The Bertz CT molecular complexity index is 792. The van der Waals surface area contributed by atoms with Gasteiger partial charge in [0.2, 0.25) is 0 Å². The molecule has 0 saturated heterocycles. The number of anilines is 3. The lowest BCUT2D eigenvalue weighted by Crippen LogP contribution is -1.99. The van der Waals surface area contributed by atoms with Gasteiger partial charge in [0.15, 0.2) is 0 Å². The molecule has 102 valence electrons. The molecule has 3 N–H and O–H groups in total. The predicted octanol–water partition coefficient (Wildman–Crippen LogP) is 3.94. The van der Waals surface area contributed by atoms with Crippen LogP contribution in [0.4, 0.5) is 17.2 Å². The summed E-state index contributed by atoms with van der Waals surface area (Å²) in [6.07, 6.45) is 0. The van der Waals surface area contributed by atoms with Crippen molar-refractivity contribution >= 4 is 38.7 Å². The van der Waals surface area contributed by atoms with Crippen molar-refractivity contribution in [3.05, 3.63) is 40.5 Å². The fourth-order valence-electron chi connectivity index (χ4n) is 2.20. The molecule has 0 aliphatic carbocycles. The van der Waals surface area contributed by atoms with Crippen LogP contribution in [0.5, 0.6) is 0 Å². The Morgan fingerprint density at radius 1 is 1.15 bits per heavy atom. The van der Waals surface area contributed by atoms with Crippen LogP contribution in [-0.2, 0) is 0 Å². The average molecular weight is 284 g/mol. The van der Waals surface area contributed by atoms with Gasteiger partial charge in [-0.2, -0.15) is 0 Å². The summed E-state index contributed by atoms with van der Waals surface area (Å²) in [7, 11) is 0. The molecule has 0 fully saturated rings. The minimum Gasteiger partial charge on any atom is -0.399 e. The number of benzene rings is 1. The number of hydrogen-bond donors (Lipinski definition) is 2. The van der Waals surface area contributed by atoms with Crippen molar-refractivity contribution in [2.45, 2.75) is 20.8 Å². The maximum absolute atomic E-state index is 5.82. The van der Waals surface area contributed by atoms with Crippen LogP contribution in [0, 0.1) is 20.8 Å². The lowest BCUT2D eigenvalue weighted by molar-refractivity contribution is 1.10. The van der Waals surface area contributed by atoms with Gasteiger partial charge in [0.25, 0.3) is 0 Å². The van der Waals surface area contributed by atoms with E-state index in [2.05, 4.69) is 29.1 Å². The molecule has 0 aliphatic heterocycles. The second-order valence-corrected chi connectivity index (χ2v) is 6.04. The third-order valence-electron chi connectivity index (χ3n) is 3.29. The number of nitrogens with zero attached hydrogens (tertiary/aromatic N) is 2. The molecule has 2 heterocycles. The van der Waals surface area contributed by atoms with Crippen molar-refractivity contribution in [3.63, 3.8) is 0 Å². The number of nitrogens with one attached hydrogen (secondary N) is 1. The second kappa shape index (κ2) is 4.76. The van der Waals surface area contributed by atoms with E-state index < -0.39 is 0 Å². The van der Waals surface area contributed by atoms with E-state index in [1.807, 2.05) is 31.2 Å². The van der Waals surface area contributed by atoms with E-state index in [9.17, 15) is 0 Å². The quantitative estimate of drug-likeness (QED) is 0.700. The third kappa shape index (κ3) is 2.20. The van der Waals surface area contributed by atoms with Crippen LogP contribution in [-0.4, -0.2) is 9.97 Å². The first-order valence-electron chi connectivity index (χ1n) is 6.41. The first kappa shape index (κ1) is 12.9. The molecule has 0 bridgehead atoms. The van der Waals surface area contributed by atoms with Crippen LogP contribution in [0.25, 0.3) is 10.2 Å². The van der Waals surface area contributed by atoms with Gasteiger partial charge in [-0.25, -0.2) is 9.97 Å². The Balaban J connectivity index is 2.15. The van der Waals surface area contributed by atoms with E-state index in [0.29, 0.717) is 0 Å². The number of aromatic nitrogens is 2. The molecule has 0 radical (unpaired) electrons. The standard InChI is InChI=1S/C15H16N4S/c1-8-9(2)20-15-13(8)14(17-10(3)18-15)19-12-6-4-5-11(16)7-12/h4-7H,16H2,1-3H3,(H,17,18,19). The first-order chi connectivity index (χ1) is 9.54. The van der Waals surface area contributed by atoms with Gasteiger partial charge in [0, 0.05) is 16.3 Å². The minimum atomic E-state index is 0.732. The number of nitrogen functional groups attached to an aromatic ring is 1. The molecule has 3 rings (SSSR count). The second-order valence-electron chi connectivity index (χ2n) is 4.83. The summed E-state index contributed by atoms with van der Waals surface area (Å²) < 4.78 is 0. The molecule has 0 saturated carbocycles. The molecule has 1 aromatic carbocycles. The van der Waals surface area contributed by atoms with Gasteiger partial charge >= 0.3 is 0 Å². The number of thiophene rings is 1. The van der Waals surface area contributed by atoms with Crippen LogP contribution < -0.4 is 11.1 Å². The van der Waals surface area contributed by atoms with Gasteiger partial charge in [-0.05, 0) is 44.5 Å². The zero-order valence-electron chi connectivity index (χ0n) is 11.7. The number of fused-ring (bicyclic) bond motifs is 1. The van der Waals surface area contributed by atoms with Gasteiger partial charge in [0.1, 0.15) is 16.5 Å². The van der Waals surface area contributed by atoms with Crippen molar-refractivity contribution in [2.24, 2.45) is 0 Å². The van der Waals surface area contributed by atoms with Crippen molar-refractivity contribution in [1.29, 1.82) is 0 Å². The summed E-state index contributed by atoms with van der Waals surface area (Å²) in [4.78, 5) is 11.4. The summed E-state index contributed by atoms with van der Waals surface area (Å²) in [6, 6.07) is 7.67. The van der Waals surface area contributed by atoms with E-state index >= 15 is 0 Å². The number of nitrogens with two attached hydrogens (primary N) is 1. The summed E-state index contributed by atoms with van der Waals surface area (Å²) in [5.41, 5.74) is 8.72. The molecule has 0 atom stereocenters. The molecule has 0 unspecified atom stereocenters. The highest BCUT2D eigenvalue weighted by Gasteiger charge is 2.13. The van der Waals surface area contributed by atoms with E-state index in [4.69, 9.17) is 5.73 Å². The summed E-state index contributed by atoms with van der Waals surface area (Å²) >= 11 is 1.70.